The molecule has 46 heavy (non-hydrogen) atoms. The van der Waals surface area contributed by atoms with Crippen LogP contribution in [-0.4, -0.2) is 42.4 Å². The van der Waals surface area contributed by atoms with E-state index in [-0.39, 0.29) is 33.7 Å². The first-order valence-corrected chi connectivity index (χ1v) is 16.7. The highest BCUT2D eigenvalue weighted by Crippen LogP contribution is 2.29. The lowest BCUT2D eigenvalue weighted by atomic mass is 9.97. The van der Waals surface area contributed by atoms with Crippen LogP contribution in [0.15, 0.2) is 87.6 Å². The number of rotatable bonds is 8. The number of benzene rings is 3. The lowest BCUT2D eigenvalue weighted by Crippen LogP contribution is -2.37. The van der Waals surface area contributed by atoms with Gasteiger partial charge in [0, 0.05) is 54.4 Å². The first-order valence-electron chi connectivity index (χ1n) is 15.5. The molecule has 2 aliphatic heterocycles. The molecule has 0 bridgehead atoms. The summed E-state index contributed by atoms with van der Waals surface area (Å²) >= 11 is 18.5. The lowest BCUT2D eigenvalue weighted by molar-refractivity contribution is -0.133. The first kappa shape index (κ1) is 32.2. The van der Waals surface area contributed by atoms with E-state index < -0.39 is 11.3 Å². The second kappa shape index (κ2) is 14.3. The van der Waals surface area contributed by atoms with Crippen LogP contribution in [0.25, 0.3) is 11.0 Å². The van der Waals surface area contributed by atoms with Crippen LogP contribution in [0.4, 0.5) is 5.69 Å². The van der Waals surface area contributed by atoms with Gasteiger partial charge in [-0.05, 0) is 73.6 Å². The Labute approximate surface area is 282 Å². The van der Waals surface area contributed by atoms with Gasteiger partial charge in [0.25, 0.3) is 5.91 Å². The Morgan fingerprint density at radius 2 is 1.65 bits per heavy atom. The molecule has 238 valence electrons. The Morgan fingerprint density at radius 3 is 2.41 bits per heavy atom. The number of hydrogen-bond acceptors (Lipinski definition) is 5. The predicted molar refractivity (Wildman–Crippen MR) is 184 cm³/mol. The molecular formula is C36H34Cl3N3O4. The fraction of sp³-hybridized carbons (Fsp3) is 0.306. The van der Waals surface area contributed by atoms with Crippen LogP contribution < -0.4 is 15.6 Å². The molecule has 10 heteroatoms. The molecule has 0 radical (unpaired) electrons. The molecule has 0 aliphatic carbocycles. The fourth-order valence-corrected chi connectivity index (χ4v) is 6.89. The molecule has 3 heterocycles. The van der Waals surface area contributed by atoms with E-state index in [1.807, 2.05) is 41.3 Å². The number of para-hydroxylation sites is 1. The van der Waals surface area contributed by atoms with Crippen LogP contribution in [0.2, 0.25) is 15.1 Å². The zero-order valence-electron chi connectivity index (χ0n) is 25.2. The quantitative estimate of drug-likeness (QED) is 0.192. The second-order valence-corrected chi connectivity index (χ2v) is 13.1. The topological polar surface area (TPSA) is 82.9 Å². The average molecular weight is 679 g/mol. The van der Waals surface area contributed by atoms with Gasteiger partial charge in [-0.1, -0.05) is 76.8 Å². The fourth-order valence-electron chi connectivity index (χ4n) is 6.23. The normalized spacial score (nSPS) is 16.1. The molecule has 0 unspecified atom stereocenters. The summed E-state index contributed by atoms with van der Waals surface area (Å²) in [5.74, 6) is -0.409. The molecule has 0 spiro atoms. The summed E-state index contributed by atoms with van der Waals surface area (Å²) in [5, 5.41) is 4.38. The van der Waals surface area contributed by atoms with Crippen molar-refractivity contribution in [1.29, 1.82) is 0 Å². The monoisotopic (exact) mass is 677 g/mol. The molecular weight excluding hydrogens is 645 g/mol. The van der Waals surface area contributed by atoms with Crippen LogP contribution in [0.5, 0.6) is 0 Å². The van der Waals surface area contributed by atoms with Gasteiger partial charge in [0.15, 0.2) is 16.8 Å². The summed E-state index contributed by atoms with van der Waals surface area (Å²) in [6.07, 6.45) is 6.94. The summed E-state index contributed by atoms with van der Waals surface area (Å²) in [7, 11) is 0. The van der Waals surface area contributed by atoms with Crippen molar-refractivity contribution in [3.05, 3.63) is 121 Å². The summed E-state index contributed by atoms with van der Waals surface area (Å²) in [5.41, 5.74) is 4.28. The van der Waals surface area contributed by atoms with Gasteiger partial charge in [0.05, 0.1) is 16.5 Å². The van der Waals surface area contributed by atoms with E-state index in [1.165, 1.54) is 23.8 Å². The molecule has 2 amide bonds. The van der Waals surface area contributed by atoms with Crippen molar-refractivity contribution in [2.45, 2.75) is 51.1 Å². The Kier molecular flexibility index (Phi) is 10.0. The van der Waals surface area contributed by atoms with E-state index in [9.17, 15) is 14.4 Å². The van der Waals surface area contributed by atoms with Crippen LogP contribution >= 0.6 is 34.8 Å². The van der Waals surface area contributed by atoms with E-state index in [4.69, 9.17) is 39.2 Å². The highest BCUT2D eigenvalue weighted by molar-refractivity contribution is 6.38. The van der Waals surface area contributed by atoms with E-state index in [0.717, 1.165) is 62.1 Å². The number of halogens is 3. The number of piperidine rings is 2. The van der Waals surface area contributed by atoms with Crippen LogP contribution in [0.3, 0.4) is 0 Å². The molecule has 3 aromatic carbocycles. The van der Waals surface area contributed by atoms with Gasteiger partial charge >= 0.3 is 0 Å². The van der Waals surface area contributed by atoms with E-state index in [2.05, 4.69) is 28.4 Å². The minimum atomic E-state index is -0.514. The van der Waals surface area contributed by atoms with Crippen molar-refractivity contribution in [3.63, 3.8) is 0 Å². The van der Waals surface area contributed by atoms with Crippen molar-refractivity contribution in [2.75, 3.05) is 24.5 Å². The molecule has 4 aromatic rings. The molecule has 2 fully saturated rings. The van der Waals surface area contributed by atoms with Crippen molar-refractivity contribution >= 4 is 63.3 Å². The van der Waals surface area contributed by atoms with Crippen molar-refractivity contribution in [2.24, 2.45) is 0 Å². The van der Waals surface area contributed by atoms with Gasteiger partial charge in [-0.25, -0.2) is 0 Å². The number of carbonyl (C=O) groups is 2. The number of anilines is 1. The van der Waals surface area contributed by atoms with Crippen LogP contribution in [0.1, 0.15) is 53.8 Å². The summed E-state index contributed by atoms with van der Waals surface area (Å²) in [4.78, 5) is 43.1. The third-order valence-corrected chi connectivity index (χ3v) is 9.37. The third kappa shape index (κ3) is 7.60. The Morgan fingerprint density at radius 1 is 0.891 bits per heavy atom. The maximum Gasteiger partial charge on any atom is 0.287 e. The highest BCUT2D eigenvalue weighted by Gasteiger charge is 2.23. The molecule has 1 atom stereocenters. The van der Waals surface area contributed by atoms with Crippen LogP contribution in [-0.2, 0) is 17.8 Å². The average Bonchev–Trinajstić information content (AvgIpc) is 3.04. The SMILES string of the molecule is O=C(N[C@@H](C=C1CCN(c2ccccc2CN2CCCCC2=O)CC1)Cc1ccc(Cl)cc1)c1cc(=O)c2cc(Cl)cc(Cl)c2o1. The van der Waals surface area contributed by atoms with E-state index in [0.29, 0.717) is 29.4 Å². The van der Waals surface area contributed by atoms with Gasteiger partial charge < -0.3 is 19.5 Å². The van der Waals surface area contributed by atoms with Crippen LogP contribution in [0, 0.1) is 0 Å². The number of nitrogens with zero attached hydrogens (tertiary/aromatic N) is 2. The predicted octanol–water partition coefficient (Wildman–Crippen LogP) is 7.83. The molecule has 0 saturated carbocycles. The Bertz CT molecular complexity index is 1840. The Hall–Kier alpha value is -3.78. The molecule has 6 rings (SSSR count). The zero-order valence-corrected chi connectivity index (χ0v) is 27.5. The lowest BCUT2D eigenvalue weighted by Gasteiger charge is -2.34. The summed E-state index contributed by atoms with van der Waals surface area (Å²) in [6.45, 7) is 3.08. The molecule has 1 N–H and O–H groups in total. The zero-order chi connectivity index (χ0) is 32.2. The van der Waals surface area contributed by atoms with Crippen molar-refractivity contribution in [3.8, 4) is 0 Å². The smallest absolute Gasteiger partial charge is 0.287 e. The Balaban J connectivity index is 1.20. The van der Waals surface area contributed by atoms with Crippen molar-refractivity contribution < 1.29 is 14.0 Å². The van der Waals surface area contributed by atoms with Gasteiger partial charge in [-0.2, -0.15) is 0 Å². The summed E-state index contributed by atoms with van der Waals surface area (Å²) < 4.78 is 5.81. The third-order valence-electron chi connectivity index (χ3n) is 8.61. The number of hydrogen-bond donors (Lipinski definition) is 1. The number of fused-ring (bicyclic) bond motifs is 1. The molecule has 2 aliphatic rings. The largest absolute Gasteiger partial charge is 0.449 e. The molecule has 2 saturated heterocycles. The van der Waals surface area contributed by atoms with E-state index in [1.54, 1.807) is 0 Å². The number of carbonyl (C=O) groups excluding carboxylic acids is 2. The van der Waals surface area contributed by atoms with Gasteiger partial charge in [-0.15, -0.1) is 0 Å². The maximum absolute atomic E-state index is 13.5. The summed E-state index contributed by atoms with van der Waals surface area (Å²) in [6, 6.07) is 19.6. The number of nitrogens with one attached hydrogen (secondary N) is 1. The molecule has 1 aromatic heterocycles. The minimum Gasteiger partial charge on any atom is -0.449 e. The van der Waals surface area contributed by atoms with Crippen molar-refractivity contribution in [1.82, 2.24) is 10.2 Å². The number of likely N-dealkylation sites (tertiary alicyclic amines) is 1. The van der Waals surface area contributed by atoms with Gasteiger partial charge in [0.1, 0.15) is 0 Å². The second-order valence-electron chi connectivity index (χ2n) is 11.9. The van der Waals surface area contributed by atoms with E-state index >= 15 is 0 Å². The standard InChI is InChI=1S/C36H34Cl3N3O4/c37-26-10-8-23(9-11-26)17-28(40-36(45)33-21-32(43)29-19-27(38)20-30(39)35(29)46-33)18-24-12-15-41(16-13-24)31-6-2-1-5-25(31)22-42-14-4-3-7-34(42)44/h1-2,5-6,8-11,18-21,28H,3-4,7,12-17,22H2,(H,40,45)/t28-/m1/s1. The molecule has 7 nitrogen and oxygen atoms in total. The number of amides is 2. The minimum absolute atomic E-state index is 0.119. The first-order chi connectivity index (χ1) is 22.2. The maximum atomic E-state index is 13.5. The van der Waals surface area contributed by atoms with Gasteiger partial charge in [-0.3, -0.25) is 14.4 Å². The highest BCUT2D eigenvalue weighted by atomic mass is 35.5. The van der Waals surface area contributed by atoms with Gasteiger partial charge in [0.2, 0.25) is 5.91 Å².